The summed E-state index contributed by atoms with van der Waals surface area (Å²) in [7, 11) is 0. The van der Waals surface area contributed by atoms with Crippen molar-refractivity contribution < 1.29 is 9.53 Å². The lowest BCUT2D eigenvalue weighted by Crippen LogP contribution is -2.05. The van der Waals surface area contributed by atoms with Crippen molar-refractivity contribution in [2.24, 2.45) is 0 Å². The Bertz CT molecular complexity index is 564. The average molecular weight is 305 g/mol. The molecule has 0 saturated heterocycles. The molecular weight excluding hydrogens is 292 g/mol. The van der Waals surface area contributed by atoms with Crippen molar-refractivity contribution in [1.29, 1.82) is 0 Å². The molecule has 0 spiro atoms. The van der Waals surface area contributed by atoms with E-state index in [0.29, 0.717) is 5.56 Å². The molecule has 2 rings (SSSR count). The van der Waals surface area contributed by atoms with E-state index in [-0.39, 0.29) is 12.6 Å². The predicted octanol–water partition coefficient (Wildman–Crippen LogP) is 4.11. The van der Waals surface area contributed by atoms with E-state index in [2.05, 4.69) is 15.9 Å². The molecule has 2 aromatic carbocycles. The second-order valence-electron chi connectivity index (χ2n) is 4.08. The fourth-order valence-electron chi connectivity index (χ4n) is 1.63. The van der Waals surface area contributed by atoms with Crippen molar-refractivity contribution in [3.05, 3.63) is 69.7 Å². The third-order valence-electron chi connectivity index (χ3n) is 2.51. The molecule has 0 heterocycles. The Hall–Kier alpha value is -1.61. The smallest absolute Gasteiger partial charge is 0.338 e. The van der Waals surface area contributed by atoms with Crippen LogP contribution in [0.1, 0.15) is 21.5 Å². The normalized spacial score (nSPS) is 10.1. The summed E-state index contributed by atoms with van der Waals surface area (Å²) in [6.45, 7) is 2.23. The minimum absolute atomic E-state index is 0.284. The van der Waals surface area contributed by atoms with E-state index in [9.17, 15) is 4.79 Å². The SMILES string of the molecule is Cc1cccc(C(=O)OCc2cccc(Br)c2)c1. The van der Waals surface area contributed by atoms with E-state index >= 15 is 0 Å². The van der Waals surface area contributed by atoms with Gasteiger partial charge in [-0.1, -0.05) is 45.8 Å². The van der Waals surface area contributed by atoms with Crippen LogP contribution >= 0.6 is 15.9 Å². The van der Waals surface area contributed by atoms with Gasteiger partial charge in [-0.2, -0.15) is 0 Å². The van der Waals surface area contributed by atoms with Gasteiger partial charge in [0, 0.05) is 4.47 Å². The minimum atomic E-state index is -0.293. The molecule has 0 amide bonds. The van der Waals surface area contributed by atoms with Crippen molar-refractivity contribution in [1.82, 2.24) is 0 Å². The molecule has 0 aliphatic carbocycles. The highest BCUT2D eigenvalue weighted by molar-refractivity contribution is 9.10. The van der Waals surface area contributed by atoms with Gasteiger partial charge in [-0.05, 0) is 36.8 Å². The number of carbonyl (C=O) groups excluding carboxylic acids is 1. The van der Waals surface area contributed by atoms with Crippen LogP contribution in [0.2, 0.25) is 0 Å². The molecule has 0 radical (unpaired) electrons. The van der Waals surface area contributed by atoms with Crippen molar-refractivity contribution in [2.45, 2.75) is 13.5 Å². The van der Waals surface area contributed by atoms with Crippen LogP contribution in [0.3, 0.4) is 0 Å². The summed E-state index contributed by atoms with van der Waals surface area (Å²) in [5.74, 6) is -0.293. The highest BCUT2D eigenvalue weighted by atomic mass is 79.9. The quantitative estimate of drug-likeness (QED) is 0.798. The number of aryl methyl sites for hydroxylation is 1. The zero-order valence-electron chi connectivity index (χ0n) is 10.0. The van der Waals surface area contributed by atoms with Crippen LogP contribution in [0.25, 0.3) is 0 Å². The molecule has 0 atom stereocenters. The van der Waals surface area contributed by atoms with Gasteiger partial charge in [0.2, 0.25) is 0 Å². The number of halogens is 1. The van der Waals surface area contributed by atoms with Crippen LogP contribution in [0.4, 0.5) is 0 Å². The first-order chi connectivity index (χ1) is 8.65. The minimum Gasteiger partial charge on any atom is -0.457 e. The Kier molecular flexibility index (Phi) is 4.15. The number of esters is 1. The third kappa shape index (κ3) is 3.44. The van der Waals surface area contributed by atoms with Gasteiger partial charge in [0.25, 0.3) is 0 Å². The average Bonchev–Trinajstić information content (AvgIpc) is 2.36. The van der Waals surface area contributed by atoms with E-state index in [4.69, 9.17) is 4.74 Å². The largest absolute Gasteiger partial charge is 0.457 e. The van der Waals surface area contributed by atoms with Crippen molar-refractivity contribution >= 4 is 21.9 Å². The summed E-state index contributed by atoms with van der Waals surface area (Å²) in [5, 5.41) is 0. The molecule has 0 aliphatic heterocycles. The number of hydrogen-bond donors (Lipinski definition) is 0. The lowest BCUT2D eigenvalue weighted by Gasteiger charge is -2.06. The summed E-state index contributed by atoms with van der Waals surface area (Å²) in [6.07, 6.45) is 0. The predicted molar refractivity (Wildman–Crippen MR) is 74.4 cm³/mol. The molecule has 2 aromatic rings. The molecular formula is C15H13BrO2. The molecule has 2 nitrogen and oxygen atoms in total. The summed E-state index contributed by atoms with van der Waals surface area (Å²) >= 11 is 3.38. The van der Waals surface area contributed by atoms with E-state index in [1.54, 1.807) is 6.07 Å². The van der Waals surface area contributed by atoms with Crippen LogP contribution < -0.4 is 0 Å². The fraction of sp³-hybridized carbons (Fsp3) is 0.133. The Morgan fingerprint density at radius 2 is 1.94 bits per heavy atom. The zero-order valence-corrected chi connectivity index (χ0v) is 11.6. The number of ether oxygens (including phenoxy) is 1. The summed E-state index contributed by atoms with van der Waals surface area (Å²) in [6, 6.07) is 15.1. The first-order valence-corrected chi connectivity index (χ1v) is 6.43. The molecule has 0 aliphatic rings. The molecule has 0 aromatic heterocycles. The van der Waals surface area contributed by atoms with Gasteiger partial charge in [-0.3, -0.25) is 0 Å². The topological polar surface area (TPSA) is 26.3 Å². The molecule has 92 valence electrons. The maximum atomic E-state index is 11.8. The van der Waals surface area contributed by atoms with Crippen molar-refractivity contribution in [3.8, 4) is 0 Å². The van der Waals surface area contributed by atoms with Crippen LogP contribution in [0, 0.1) is 6.92 Å². The molecule has 0 fully saturated rings. The number of carbonyl (C=O) groups is 1. The summed E-state index contributed by atoms with van der Waals surface area (Å²) in [5.41, 5.74) is 2.60. The Morgan fingerprint density at radius 1 is 1.17 bits per heavy atom. The van der Waals surface area contributed by atoms with Gasteiger partial charge in [-0.15, -0.1) is 0 Å². The molecule has 0 bridgehead atoms. The second-order valence-corrected chi connectivity index (χ2v) is 4.99. The first-order valence-electron chi connectivity index (χ1n) is 5.63. The Labute approximate surface area is 115 Å². The lowest BCUT2D eigenvalue weighted by molar-refractivity contribution is 0.0472. The monoisotopic (exact) mass is 304 g/mol. The van der Waals surface area contributed by atoms with Crippen LogP contribution in [-0.4, -0.2) is 5.97 Å². The van der Waals surface area contributed by atoms with E-state index in [1.807, 2.05) is 49.4 Å². The van der Waals surface area contributed by atoms with E-state index < -0.39 is 0 Å². The fourth-order valence-corrected chi connectivity index (χ4v) is 2.08. The third-order valence-corrected chi connectivity index (χ3v) is 3.01. The lowest BCUT2D eigenvalue weighted by atomic mass is 10.1. The number of hydrogen-bond acceptors (Lipinski definition) is 2. The van der Waals surface area contributed by atoms with Gasteiger partial charge in [0.05, 0.1) is 5.56 Å². The van der Waals surface area contributed by atoms with Gasteiger partial charge in [0.1, 0.15) is 6.61 Å². The van der Waals surface area contributed by atoms with Crippen molar-refractivity contribution in [2.75, 3.05) is 0 Å². The maximum Gasteiger partial charge on any atom is 0.338 e. The number of rotatable bonds is 3. The first kappa shape index (κ1) is 12.8. The highest BCUT2D eigenvalue weighted by Gasteiger charge is 2.07. The van der Waals surface area contributed by atoms with E-state index in [1.165, 1.54) is 0 Å². The Balaban J connectivity index is 2.00. The Morgan fingerprint density at radius 3 is 2.67 bits per heavy atom. The molecule has 18 heavy (non-hydrogen) atoms. The van der Waals surface area contributed by atoms with Gasteiger partial charge >= 0.3 is 5.97 Å². The molecule has 0 unspecified atom stereocenters. The molecule has 3 heteroatoms. The van der Waals surface area contributed by atoms with Gasteiger partial charge < -0.3 is 4.74 Å². The molecule has 0 N–H and O–H groups in total. The summed E-state index contributed by atoms with van der Waals surface area (Å²) < 4.78 is 6.24. The zero-order chi connectivity index (χ0) is 13.0. The van der Waals surface area contributed by atoms with Crippen LogP contribution in [0.5, 0.6) is 0 Å². The van der Waals surface area contributed by atoms with Crippen molar-refractivity contribution in [3.63, 3.8) is 0 Å². The van der Waals surface area contributed by atoms with Gasteiger partial charge in [0.15, 0.2) is 0 Å². The summed E-state index contributed by atoms with van der Waals surface area (Å²) in [4.78, 5) is 11.8. The maximum absolute atomic E-state index is 11.8. The highest BCUT2D eigenvalue weighted by Crippen LogP contribution is 2.13. The second kappa shape index (κ2) is 5.83. The molecule has 0 saturated carbocycles. The van der Waals surface area contributed by atoms with Crippen LogP contribution in [-0.2, 0) is 11.3 Å². The van der Waals surface area contributed by atoms with E-state index in [0.717, 1.165) is 15.6 Å². The number of benzene rings is 2. The van der Waals surface area contributed by atoms with Crippen LogP contribution in [0.15, 0.2) is 53.0 Å². The standard InChI is InChI=1S/C15H13BrO2/c1-11-4-2-6-13(8-11)15(17)18-10-12-5-3-7-14(16)9-12/h2-9H,10H2,1H3. The van der Waals surface area contributed by atoms with Gasteiger partial charge in [-0.25, -0.2) is 4.79 Å².